The molecule has 2 heteroatoms. The molecule has 0 fully saturated rings. The molecule has 0 saturated carbocycles. The first-order valence-electron chi connectivity index (χ1n) is 7.03. The van der Waals surface area contributed by atoms with Gasteiger partial charge in [0.15, 0.2) is 0 Å². The van der Waals surface area contributed by atoms with Crippen LogP contribution in [-0.2, 0) is 11.3 Å². The van der Waals surface area contributed by atoms with Crippen LogP contribution in [0.2, 0.25) is 0 Å². The van der Waals surface area contributed by atoms with Crippen molar-refractivity contribution in [2.75, 3.05) is 6.54 Å². The summed E-state index contributed by atoms with van der Waals surface area (Å²) in [6.07, 6.45) is 6.75. The largest absolute Gasteiger partial charge is 0.313 e. The maximum Gasteiger partial charge on any atom is 0.129 e. The molecule has 0 heterocycles. The average Bonchev–Trinajstić information content (AvgIpc) is 2.37. The molecule has 0 aliphatic rings. The van der Waals surface area contributed by atoms with Gasteiger partial charge < -0.3 is 10.1 Å². The second kappa shape index (κ2) is 9.84. The first-order valence-corrected chi connectivity index (χ1v) is 7.03. The van der Waals surface area contributed by atoms with Gasteiger partial charge in [-0.15, -0.1) is 0 Å². The zero-order valence-corrected chi connectivity index (χ0v) is 11.5. The van der Waals surface area contributed by atoms with Crippen molar-refractivity contribution in [2.24, 2.45) is 0 Å². The molecule has 0 amide bonds. The van der Waals surface area contributed by atoms with Gasteiger partial charge in [-0.3, -0.25) is 0 Å². The Labute approximate surface area is 111 Å². The molecular formula is C16H25NO. The second-order valence-electron chi connectivity index (χ2n) is 4.88. The molecule has 18 heavy (non-hydrogen) atoms. The number of carbonyl (C=O) groups is 1. The fourth-order valence-electron chi connectivity index (χ4n) is 1.98. The standard InChI is InChI=1S/C16H25NO/c1-15(18)10-6-3-2-4-9-13-17-14-16-11-7-5-8-12-16/h5,7-8,11-12,17H,2-4,6,9-10,13-14H2,1H3. The Bertz CT molecular complexity index is 321. The van der Waals surface area contributed by atoms with E-state index < -0.39 is 0 Å². The maximum absolute atomic E-state index is 10.7. The van der Waals surface area contributed by atoms with Crippen LogP contribution < -0.4 is 5.32 Å². The summed E-state index contributed by atoms with van der Waals surface area (Å²) in [5, 5.41) is 3.46. The van der Waals surface area contributed by atoms with Gasteiger partial charge >= 0.3 is 0 Å². The van der Waals surface area contributed by atoms with Gasteiger partial charge in [0.1, 0.15) is 5.78 Å². The van der Waals surface area contributed by atoms with Crippen LogP contribution in [0.1, 0.15) is 51.0 Å². The second-order valence-corrected chi connectivity index (χ2v) is 4.88. The molecule has 0 unspecified atom stereocenters. The van der Waals surface area contributed by atoms with Crippen molar-refractivity contribution < 1.29 is 4.79 Å². The molecule has 0 saturated heterocycles. The lowest BCUT2D eigenvalue weighted by Gasteiger charge is -2.04. The van der Waals surface area contributed by atoms with Crippen molar-refractivity contribution in [3.8, 4) is 0 Å². The zero-order valence-electron chi connectivity index (χ0n) is 11.5. The van der Waals surface area contributed by atoms with E-state index in [4.69, 9.17) is 0 Å². The van der Waals surface area contributed by atoms with Crippen LogP contribution in [0.25, 0.3) is 0 Å². The number of nitrogens with one attached hydrogen (secondary N) is 1. The molecule has 1 aromatic rings. The summed E-state index contributed by atoms with van der Waals surface area (Å²) in [5.74, 6) is 0.319. The SMILES string of the molecule is CC(=O)CCCCCCCNCc1ccccc1. The summed E-state index contributed by atoms with van der Waals surface area (Å²) in [5.41, 5.74) is 1.35. The van der Waals surface area contributed by atoms with E-state index in [1.807, 2.05) is 6.07 Å². The number of rotatable bonds is 10. The first-order chi connectivity index (χ1) is 8.79. The Kier molecular flexibility index (Phi) is 8.15. The highest BCUT2D eigenvalue weighted by molar-refractivity contribution is 5.75. The van der Waals surface area contributed by atoms with E-state index in [0.29, 0.717) is 5.78 Å². The summed E-state index contributed by atoms with van der Waals surface area (Å²) in [6, 6.07) is 10.5. The van der Waals surface area contributed by atoms with Gasteiger partial charge in [-0.2, -0.15) is 0 Å². The molecule has 1 rings (SSSR count). The minimum atomic E-state index is 0.319. The fraction of sp³-hybridized carbons (Fsp3) is 0.562. The summed E-state index contributed by atoms with van der Waals surface area (Å²) in [7, 11) is 0. The van der Waals surface area contributed by atoms with E-state index in [1.165, 1.54) is 31.2 Å². The normalized spacial score (nSPS) is 10.5. The van der Waals surface area contributed by atoms with E-state index in [-0.39, 0.29) is 0 Å². The summed E-state index contributed by atoms with van der Waals surface area (Å²) in [4.78, 5) is 10.7. The molecule has 0 aromatic heterocycles. The van der Waals surface area contributed by atoms with Crippen LogP contribution in [0.15, 0.2) is 30.3 Å². The van der Waals surface area contributed by atoms with E-state index >= 15 is 0 Å². The Morgan fingerprint density at radius 3 is 2.39 bits per heavy atom. The average molecular weight is 247 g/mol. The first kappa shape index (κ1) is 14.9. The lowest BCUT2D eigenvalue weighted by Crippen LogP contribution is -2.14. The summed E-state index contributed by atoms with van der Waals surface area (Å²) in [6.45, 7) is 3.72. The van der Waals surface area contributed by atoms with E-state index in [9.17, 15) is 4.79 Å². The van der Waals surface area contributed by atoms with Gasteiger partial charge in [0.2, 0.25) is 0 Å². The minimum Gasteiger partial charge on any atom is -0.313 e. The highest BCUT2D eigenvalue weighted by Crippen LogP contribution is 2.05. The van der Waals surface area contributed by atoms with Crippen LogP contribution in [-0.4, -0.2) is 12.3 Å². The van der Waals surface area contributed by atoms with Crippen LogP contribution in [0, 0.1) is 0 Å². The van der Waals surface area contributed by atoms with Crippen LogP contribution in [0.5, 0.6) is 0 Å². The number of hydrogen-bond acceptors (Lipinski definition) is 2. The number of Topliss-reactive ketones (excluding diaryl/α,β-unsaturated/α-hetero) is 1. The predicted molar refractivity (Wildman–Crippen MR) is 76.5 cm³/mol. The predicted octanol–water partition coefficient (Wildman–Crippen LogP) is 3.71. The monoisotopic (exact) mass is 247 g/mol. The molecule has 0 aliphatic carbocycles. The Hall–Kier alpha value is -1.15. The molecule has 0 atom stereocenters. The molecule has 2 nitrogen and oxygen atoms in total. The number of unbranched alkanes of at least 4 members (excludes halogenated alkanes) is 4. The molecule has 100 valence electrons. The number of benzene rings is 1. The number of carbonyl (C=O) groups excluding carboxylic acids is 1. The van der Waals surface area contributed by atoms with Crippen molar-refractivity contribution >= 4 is 5.78 Å². The molecule has 1 aromatic carbocycles. The van der Waals surface area contributed by atoms with Crippen LogP contribution >= 0.6 is 0 Å². The smallest absolute Gasteiger partial charge is 0.129 e. The highest BCUT2D eigenvalue weighted by atomic mass is 16.1. The zero-order chi connectivity index (χ0) is 13.1. The molecule has 1 N–H and O–H groups in total. The molecule has 0 spiro atoms. The minimum absolute atomic E-state index is 0.319. The molecule has 0 aliphatic heterocycles. The molecule has 0 bridgehead atoms. The van der Waals surface area contributed by atoms with E-state index in [1.54, 1.807) is 6.92 Å². The van der Waals surface area contributed by atoms with Crippen molar-refractivity contribution in [3.63, 3.8) is 0 Å². The quantitative estimate of drug-likeness (QED) is 0.639. The van der Waals surface area contributed by atoms with Crippen molar-refractivity contribution in [1.29, 1.82) is 0 Å². The highest BCUT2D eigenvalue weighted by Gasteiger charge is 1.95. The Morgan fingerprint density at radius 2 is 1.67 bits per heavy atom. The summed E-state index contributed by atoms with van der Waals surface area (Å²) >= 11 is 0. The lowest BCUT2D eigenvalue weighted by molar-refractivity contribution is -0.117. The lowest BCUT2D eigenvalue weighted by atomic mass is 10.1. The number of hydrogen-bond donors (Lipinski definition) is 1. The van der Waals surface area contributed by atoms with Crippen molar-refractivity contribution in [2.45, 2.75) is 52.0 Å². The third-order valence-corrected chi connectivity index (χ3v) is 3.05. The van der Waals surface area contributed by atoms with Gasteiger partial charge in [0.05, 0.1) is 0 Å². The van der Waals surface area contributed by atoms with Crippen LogP contribution in [0.4, 0.5) is 0 Å². The maximum atomic E-state index is 10.7. The fourth-order valence-corrected chi connectivity index (χ4v) is 1.98. The van der Waals surface area contributed by atoms with Crippen molar-refractivity contribution in [1.82, 2.24) is 5.32 Å². The summed E-state index contributed by atoms with van der Waals surface area (Å²) < 4.78 is 0. The Morgan fingerprint density at radius 1 is 1.00 bits per heavy atom. The van der Waals surface area contributed by atoms with Crippen LogP contribution in [0.3, 0.4) is 0 Å². The van der Waals surface area contributed by atoms with Gasteiger partial charge in [-0.25, -0.2) is 0 Å². The number of ketones is 1. The van der Waals surface area contributed by atoms with Gasteiger partial charge in [-0.05, 0) is 31.9 Å². The topological polar surface area (TPSA) is 29.1 Å². The van der Waals surface area contributed by atoms with Crippen molar-refractivity contribution in [3.05, 3.63) is 35.9 Å². The van der Waals surface area contributed by atoms with Gasteiger partial charge in [0, 0.05) is 13.0 Å². The van der Waals surface area contributed by atoms with E-state index in [0.717, 1.165) is 25.9 Å². The Balaban J connectivity index is 1.86. The third-order valence-electron chi connectivity index (χ3n) is 3.05. The van der Waals surface area contributed by atoms with Gasteiger partial charge in [-0.1, -0.05) is 49.6 Å². The van der Waals surface area contributed by atoms with Gasteiger partial charge in [0.25, 0.3) is 0 Å². The van der Waals surface area contributed by atoms with E-state index in [2.05, 4.69) is 29.6 Å². The molecular weight excluding hydrogens is 222 g/mol. The third kappa shape index (κ3) is 8.02. The molecule has 0 radical (unpaired) electrons.